The van der Waals surface area contributed by atoms with E-state index in [2.05, 4.69) is 61.2 Å². The first-order valence-corrected chi connectivity index (χ1v) is 21.9. The second-order valence-electron chi connectivity index (χ2n) is 13.9. The van der Waals surface area contributed by atoms with Gasteiger partial charge in [-0.3, -0.25) is 29.2 Å². The summed E-state index contributed by atoms with van der Waals surface area (Å²) in [4.78, 5) is 51.2. The molecule has 0 aliphatic rings. The van der Waals surface area contributed by atoms with Crippen LogP contribution in [0.1, 0.15) is 83.6 Å². The van der Waals surface area contributed by atoms with Crippen molar-refractivity contribution in [1.29, 1.82) is 0 Å². The Labute approximate surface area is 412 Å². The Morgan fingerprint density at radius 3 is 1.52 bits per heavy atom. The van der Waals surface area contributed by atoms with Crippen LogP contribution in [0, 0.1) is 20.2 Å². The Balaban J connectivity index is -0.000000740. The van der Waals surface area contributed by atoms with Gasteiger partial charge in [0.1, 0.15) is 16.2 Å². The monoisotopic (exact) mass is 1030 g/mol. The summed E-state index contributed by atoms with van der Waals surface area (Å²) in [6, 6.07) is 7.31. The second-order valence-corrected chi connectivity index (χ2v) is 15.7. The van der Waals surface area contributed by atoms with Crippen molar-refractivity contribution in [3.63, 3.8) is 0 Å². The Bertz CT molecular complexity index is 2190. The largest absolute Gasteiger partial charge is 0.400 e. The summed E-state index contributed by atoms with van der Waals surface area (Å²) < 4.78 is 17.2. The van der Waals surface area contributed by atoms with Gasteiger partial charge in [0, 0.05) is 50.0 Å². The predicted octanol–water partition coefficient (Wildman–Crippen LogP) is 10.8. The Kier molecular flexibility index (Phi) is 35.0. The van der Waals surface area contributed by atoms with E-state index in [1.54, 1.807) is 29.1 Å². The maximum atomic E-state index is 11.6. The number of hydrogen-bond donors (Lipinski definition) is 6. The van der Waals surface area contributed by atoms with Gasteiger partial charge in [-0.1, -0.05) is 92.6 Å². The minimum Gasteiger partial charge on any atom is -0.400 e. The fourth-order valence-electron chi connectivity index (χ4n) is 4.69. The van der Waals surface area contributed by atoms with E-state index in [1.807, 2.05) is 55.4 Å². The molecule has 0 fully saturated rings. The molecule has 0 saturated heterocycles. The van der Waals surface area contributed by atoms with Crippen molar-refractivity contribution < 1.29 is 20.7 Å². The van der Waals surface area contributed by atoms with Gasteiger partial charge in [-0.2, -0.15) is 0 Å². The standard InChI is InChI=1S/C9H10ClN3O.C8H10ClN3O2.C8H12ClN3.C6H15N.C5H2Cl2N2O2.C3H9N.CH3F.CH4O/c1-5(2)13-6-3-4-11-8(10)7(6)12-9(13)14;1-5(2)11-6-3-4-10-8(9)7(6)12(13)14;1-5(2)12-6-3-4-11-8(9)7(6)10;1-4-7(5-2)6-3;6-3-1-2-8-5(7)4(3)9(10)11;1-3(2)4;2*1-2/h3-5H,1-2H3,(H,12,14);3-5H,1-2H3,(H,10,11);3-5H,10H2,1-2H3,(H,11,12);4-6H2,1-3H3;1-2H;3H,4H2,1-2H3;1H3;2H,1H3/i;;;;;;1D;. The summed E-state index contributed by atoms with van der Waals surface area (Å²) in [6.45, 7) is 25.8. The first-order chi connectivity index (χ1) is 31.4. The molecule has 5 aromatic rings. The van der Waals surface area contributed by atoms with E-state index in [1.165, 1.54) is 44.2 Å². The molecule has 0 aliphatic heterocycles. The van der Waals surface area contributed by atoms with Gasteiger partial charge in [-0.15, -0.1) is 0 Å². The molecule has 5 aromatic heterocycles. The minimum absolute atomic E-state index is 0.00463. The lowest BCUT2D eigenvalue weighted by Gasteiger charge is -2.13. The van der Waals surface area contributed by atoms with E-state index in [0.29, 0.717) is 39.3 Å². The summed E-state index contributed by atoms with van der Waals surface area (Å²) in [6.07, 6.45) is 5.96. The van der Waals surface area contributed by atoms with Gasteiger partial charge in [0.05, 0.1) is 35.3 Å². The normalized spacial score (nSPS) is 10.1. The molecule has 19 nitrogen and oxygen atoms in total. The number of alkyl halides is 1. The number of anilines is 3. The molecule has 0 radical (unpaired) electrons. The number of nitro groups is 2. The number of nitrogens with one attached hydrogen (secondary N) is 3. The molecule has 372 valence electrons. The van der Waals surface area contributed by atoms with Gasteiger partial charge >= 0.3 is 17.1 Å². The zero-order chi connectivity index (χ0) is 52.6. The SMILES string of the molecule is CC(C)N.CC(C)Nc1ccnc(Cl)c1N.CC(C)Nc1ccnc(Cl)c1[N+](=O)[O-].CC(C)n1c(=O)[nH]c2c(Cl)nccc21.CCN(CC)CC.CO.O=[N+]([O-])c1c(Cl)ccnc1Cl.[2H]CF. The van der Waals surface area contributed by atoms with Crippen LogP contribution in [-0.2, 0) is 0 Å². The van der Waals surface area contributed by atoms with Crippen molar-refractivity contribution in [2.45, 2.75) is 100 Å². The number of nitrogen functional groups attached to an aromatic ring is 1. The lowest BCUT2D eigenvalue weighted by Crippen LogP contribution is -2.21. The van der Waals surface area contributed by atoms with Gasteiger partial charge in [-0.25, -0.2) is 24.7 Å². The highest BCUT2D eigenvalue weighted by atomic mass is 35.5. The molecule has 0 spiro atoms. The van der Waals surface area contributed by atoms with Gasteiger partial charge in [-0.05, 0) is 91.5 Å². The highest BCUT2D eigenvalue weighted by molar-refractivity contribution is 6.37. The molecule has 0 amide bonds. The first kappa shape index (κ1) is 63.4. The third-order valence-corrected chi connectivity index (χ3v) is 8.80. The van der Waals surface area contributed by atoms with Crippen molar-refractivity contribution in [1.82, 2.24) is 34.4 Å². The summed E-state index contributed by atoms with van der Waals surface area (Å²) in [7, 11) is 0. The number of aliphatic hydroxyl groups excluding tert-OH is 1. The van der Waals surface area contributed by atoms with E-state index >= 15 is 0 Å². The topological polar surface area (TPSA) is 275 Å². The maximum absolute atomic E-state index is 11.6. The van der Waals surface area contributed by atoms with E-state index in [-0.39, 0.29) is 44.5 Å². The molecule has 0 aliphatic carbocycles. The number of imidazole rings is 1. The highest BCUT2D eigenvalue weighted by Crippen LogP contribution is 2.31. The van der Waals surface area contributed by atoms with Gasteiger partial charge < -0.3 is 37.1 Å². The number of fused-ring (bicyclic) bond motifs is 1. The average molecular weight is 1030 g/mol. The van der Waals surface area contributed by atoms with Crippen molar-refractivity contribution in [2.24, 2.45) is 5.73 Å². The zero-order valence-electron chi connectivity index (χ0n) is 40.2. The first-order valence-electron chi connectivity index (χ1n) is 20.8. The summed E-state index contributed by atoms with van der Waals surface area (Å²) >= 11 is 28.0. The molecule has 25 heteroatoms. The number of aromatic amines is 1. The van der Waals surface area contributed by atoms with Gasteiger partial charge in [0.2, 0.25) is 10.3 Å². The van der Waals surface area contributed by atoms with Crippen LogP contribution in [0.5, 0.6) is 0 Å². The number of nitrogens with two attached hydrogens (primary N) is 2. The predicted molar refractivity (Wildman–Crippen MR) is 272 cm³/mol. The maximum Gasteiger partial charge on any atom is 0.329 e. The van der Waals surface area contributed by atoms with Crippen LogP contribution in [0.2, 0.25) is 25.6 Å². The second kappa shape index (κ2) is 36.4. The molecule has 66 heavy (non-hydrogen) atoms. The lowest BCUT2D eigenvalue weighted by atomic mass is 10.3. The van der Waals surface area contributed by atoms with E-state index in [4.69, 9.17) is 75.9 Å². The number of halogens is 6. The number of nitrogens with zero attached hydrogens (tertiary/aromatic N) is 8. The molecule has 0 unspecified atom stereocenters. The van der Waals surface area contributed by atoms with Crippen LogP contribution >= 0.6 is 58.0 Å². The van der Waals surface area contributed by atoms with E-state index in [9.17, 15) is 29.4 Å². The number of pyridine rings is 4. The quantitative estimate of drug-likeness (QED) is 0.0431. The van der Waals surface area contributed by atoms with Crippen LogP contribution in [0.25, 0.3) is 11.0 Å². The van der Waals surface area contributed by atoms with Crippen LogP contribution in [0.15, 0.2) is 53.8 Å². The number of aromatic nitrogens is 6. The van der Waals surface area contributed by atoms with Crippen molar-refractivity contribution in [2.75, 3.05) is 50.3 Å². The summed E-state index contributed by atoms with van der Waals surface area (Å²) in [5.74, 6) is 0. The lowest BCUT2D eigenvalue weighted by molar-refractivity contribution is -0.384. The molecule has 0 bridgehead atoms. The Hall–Kier alpha value is -4.67. The Morgan fingerprint density at radius 2 is 1.14 bits per heavy atom. The molecular weight excluding hydrogens is 967 g/mol. The van der Waals surface area contributed by atoms with Crippen molar-refractivity contribution >= 4 is 97.5 Å². The number of H-pyrrole nitrogens is 1. The molecule has 5 heterocycles. The molecule has 0 aromatic carbocycles. The Morgan fingerprint density at radius 1 is 0.758 bits per heavy atom. The van der Waals surface area contributed by atoms with Crippen LogP contribution in [0.3, 0.4) is 0 Å². The average Bonchev–Trinajstić information content (AvgIpc) is 3.59. The molecular formula is C41H65Cl5FN13O6. The minimum atomic E-state index is -1.00. The number of rotatable bonds is 10. The van der Waals surface area contributed by atoms with Crippen molar-refractivity contribution in [3.8, 4) is 0 Å². The molecule has 8 N–H and O–H groups in total. The van der Waals surface area contributed by atoms with Crippen LogP contribution in [0.4, 0.5) is 32.8 Å². The zero-order valence-corrected chi connectivity index (χ0v) is 43.0. The number of hydrogen-bond acceptors (Lipinski definition) is 15. The van der Waals surface area contributed by atoms with Gasteiger partial charge in [0.25, 0.3) is 0 Å². The summed E-state index contributed by atoms with van der Waals surface area (Å²) in [5, 5.41) is 34.4. The van der Waals surface area contributed by atoms with E-state index < -0.39 is 17.0 Å². The van der Waals surface area contributed by atoms with Crippen LogP contribution < -0.4 is 27.8 Å². The third-order valence-electron chi connectivity index (χ3n) is 7.36. The molecule has 0 saturated carbocycles. The number of aliphatic hydroxyl groups is 1. The van der Waals surface area contributed by atoms with Crippen molar-refractivity contribution in [3.05, 3.63) is 105 Å². The smallest absolute Gasteiger partial charge is 0.329 e. The van der Waals surface area contributed by atoms with Gasteiger partial charge in [0.15, 0.2) is 10.3 Å². The third kappa shape index (κ3) is 25.3. The fraction of sp³-hybridized carbons (Fsp3) is 0.488. The summed E-state index contributed by atoms with van der Waals surface area (Å²) in [5.41, 5.74) is 13.2. The molecule has 0 atom stereocenters. The van der Waals surface area contributed by atoms with Crippen LogP contribution in [-0.4, -0.2) is 101 Å². The highest BCUT2D eigenvalue weighted by Gasteiger charge is 2.20. The molecule has 5 rings (SSSR count). The van der Waals surface area contributed by atoms with E-state index in [0.717, 1.165) is 18.3 Å². The fourth-order valence-corrected chi connectivity index (χ4v) is 5.76.